The summed E-state index contributed by atoms with van der Waals surface area (Å²) in [4.78, 5) is 43.2. The monoisotopic (exact) mass is 448 g/mol. The Morgan fingerprint density at radius 3 is 2.94 bits per heavy atom. The number of halogens is 1. The van der Waals surface area contributed by atoms with Crippen molar-refractivity contribution in [3.05, 3.63) is 47.5 Å². The molecule has 4 aromatic rings. The van der Waals surface area contributed by atoms with Crippen LogP contribution in [-0.4, -0.2) is 60.3 Å². The lowest BCUT2D eigenvalue weighted by Gasteiger charge is -2.37. The number of fused-ring (bicyclic) bond motifs is 2. The molecule has 1 aliphatic heterocycles. The first-order chi connectivity index (χ1) is 15.4. The Balaban J connectivity index is 1.40. The van der Waals surface area contributed by atoms with Crippen molar-refractivity contribution in [1.82, 2.24) is 34.7 Å². The third-order valence-electron chi connectivity index (χ3n) is 5.46. The van der Waals surface area contributed by atoms with Crippen molar-refractivity contribution in [3.8, 4) is 11.9 Å². The molecule has 1 fully saturated rings. The smallest absolute Gasteiger partial charge is 0.255 e. The number of hydrogen-bond donors (Lipinski definition) is 2. The Kier molecular flexibility index (Phi) is 4.75. The Bertz CT molecular complexity index is 1410. The molecule has 1 aromatic carbocycles. The van der Waals surface area contributed by atoms with Crippen LogP contribution in [0.15, 0.2) is 36.9 Å². The molecule has 0 bridgehead atoms. The summed E-state index contributed by atoms with van der Waals surface area (Å²) in [5.74, 6) is -0.314. The summed E-state index contributed by atoms with van der Waals surface area (Å²) in [7, 11) is 0. The van der Waals surface area contributed by atoms with Gasteiger partial charge in [0.15, 0.2) is 11.5 Å². The number of rotatable bonds is 4. The fourth-order valence-corrected chi connectivity index (χ4v) is 3.86. The van der Waals surface area contributed by atoms with Gasteiger partial charge in [-0.3, -0.25) is 14.2 Å². The fraction of sp³-hybridized carbons (Fsp3) is 0.238. The van der Waals surface area contributed by atoms with E-state index in [1.54, 1.807) is 41.0 Å². The topological polar surface area (TPSA) is 133 Å². The van der Waals surface area contributed by atoms with Crippen LogP contribution in [0.4, 0.5) is 0 Å². The van der Waals surface area contributed by atoms with Gasteiger partial charge in [-0.15, -0.1) is 0 Å². The van der Waals surface area contributed by atoms with E-state index in [4.69, 9.17) is 16.9 Å². The van der Waals surface area contributed by atoms with Gasteiger partial charge in [-0.2, -0.15) is 5.26 Å². The normalized spacial score (nSPS) is 14.8. The van der Waals surface area contributed by atoms with Crippen molar-refractivity contribution in [3.63, 3.8) is 0 Å². The van der Waals surface area contributed by atoms with Crippen LogP contribution in [0.3, 0.4) is 0 Å². The maximum absolute atomic E-state index is 12.9. The third kappa shape index (κ3) is 3.33. The summed E-state index contributed by atoms with van der Waals surface area (Å²) in [5.41, 5.74) is 2.62. The van der Waals surface area contributed by atoms with Crippen molar-refractivity contribution in [2.75, 3.05) is 13.1 Å². The van der Waals surface area contributed by atoms with Gasteiger partial charge in [0.05, 0.1) is 34.8 Å². The molecule has 2 N–H and O–H groups in total. The third-order valence-corrected chi connectivity index (χ3v) is 5.70. The SMILES string of the molecule is C[C@@H](NC(=O)c1c[nH]c2ncc(-n3cnc4cc(Cl)ccc43)nc12)C(=O)N1CC(C#N)C1. The zero-order valence-corrected chi connectivity index (χ0v) is 17.7. The first-order valence-electron chi connectivity index (χ1n) is 9.91. The highest BCUT2D eigenvalue weighted by atomic mass is 35.5. The van der Waals surface area contributed by atoms with Crippen LogP contribution < -0.4 is 5.32 Å². The van der Waals surface area contributed by atoms with Gasteiger partial charge in [0.2, 0.25) is 5.91 Å². The van der Waals surface area contributed by atoms with E-state index in [2.05, 4.69) is 31.3 Å². The molecule has 3 aromatic heterocycles. The number of H-pyrrole nitrogens is 1. The molecule has 11 heteroatoms. The molecule has 32 heavy (non-hydrogen) atoms. The molecule has 0 spiro atoms. The fourth-order valence-electron chi connectivity index (χ4n) is 3.69. The molecule has 160 valence electrons. The zero-order chi connectivity index (χ0) is 22.4. The first-order valence-corrected chi connectivity index (χ1v) is 10.3. The summed E-state index contributed by atoms with van der Waals surface area (Å²) in [6, 6.07) is 6.75. The van der Waals surface area contributed by atoms with Crippen LogP contribution in [0, 0.1) is 17.2 Å². The Hall–Kier alpha value is -3.97. The molecule has 0 radical (unpaired) electrons. The molecule has 0 aliphatic carbocycles. The number of benzene rings is 1. The van der Waals surface area contributed by atoms with E-state index in [9.17, 15) is 9.59 Å². The maximum atomic E-state index is 12.9. The minimum Gasteiger partial charge on any atom is -0.344 e. The highest BCUT2D eigenvalue weighted by molar-refractivity contribution is 6.31. The van der Waals surface area contributed by atoms with E-state index in [1.165, 1.54) is 6.20 Å². The summed E-state index contributed by atoms with van der Waals surface area (Å²) in [6.45, 7) is 2.40. The lowest BCUT2D eigenvalue weighted by molar-refractivity contribution is -0.137. The second-order valence-electron chi connectivity index (χ2n) is 7.64. The molecule has 0 unspecified atom stereocenters. The minimum atomic E-state index is -0.731. The van der Waals surface area contributed by atoms with E-state index in [0.717, 1.165) is 5.52 Å². The summed E-state index contributed by atoms with van der Waals surface area (Å²) in [5, 5.41) is 12.2. The predicted octanol–water partition coefficient (Wildman–Crippen LogP) is 2.05. The number of imidazole rings is 1. The predicted molar refractivity (Wildman–Crippen MR) is 116 cm³/mol. The number of nitrogens with one attached hydrogen (secondary N) is 2. The highest BCUT2D eigenvalue weighted by Crippen LogP contribution is 2.22. The van der Waals surface area contributed by atoms with Crippen molar-refractivity contribution in [1.29, 1.82) is 5.26 Å². The average molecular weight is 449 g/mol. The number of hydrogen-bond acceptors (Lipinski definition) is 6. The first kappa shape index (κ1) is 20.0. The number of carbonyl (C=O) groups is 2. The molecule has 1 aliphatic rings. The van der Waals surface area contributed by atoms with Crippen LogP contribution in [-0.2, 0) is 4.79 Å². The molecule has 10 nitrogen and oxygen atoms in total. The lowest BCUT2D eigenvalue weighted by Crippen LogP contribution is -2.55. The molecule has 0 saturated carbocycles. The van der Waals surface area contributed by atoms with Gasteiger partial charge >= 0.3 is 0 Å². The molecule has 4 heterocycles. The van der Waals surface area contributed by atoms with Gasteiger partial charge in [0.1, 0.15) is 17.9 Å². The molecule has 5 rings (SSSR count). The number of aromatic nitrogens is 5. The Morgan fingerprint density at radius 1 is 1.34 bits per heavy atom. The van der Waals surface area contributed by atoms with Crippen LogP contribution in [0.5, 0.6) is 0 Å². The Labute approximate surface area is 186 Å². The van der Waals surface area contributed by atoms with Gasteiger partial charge in [0.25, 0.3) is 5.91 Å². The van der Waals surface area contributed by atoms with Crippen molar-refractivity contribution < 1.29 is 9.59 Å². The summed E-state index contributed by atoms with van der Waals surface area (Å²) in [6.07, 6.45) is 4.71. The number of amides is 2. The number of aromatic amines is 1. The second kappa shape index (κ2) is 7.62. The number of likely N-dealkylation sites (tertiary alicyclic amines) is 1. The van der Waals surface area contributed by atoms with Crippen LogP contribution in [0.2, 0.25) is 5.02 Å². The number of nitrogens with zero attached hydrogens (tertiary/aromatic N) is 6. The number of carbonyl (C=O) groups excluding carboxylic acids is 2. The highest BCUT2D eigenvalue weighted by Gasteiger charge is 2.33. The summed E-state index contributed by atoms with van der Waals surface area (Å²) >= 11 is 6.04. The van der Waals surface area contributed by atoms with Gasteiger partial charge in [-0.25, -0.2) is 15.0 Å². The molecule has 2 amide bonds. The van der Waals surface area contributed by atoms with E-state index >= 15 is 0 Å². The second-order valence-corrected chi connectivity index (χ2v) is 8.08. The van der Waals surface area contributed by atoms with E-state index < -0.39 is 11.9 Å². The lowest BCUT2D eigenvalue weighted by atomic mass is 10.0. The van der Waals surface area contributed by atoms with E-state index in [0.29, 0.717) is 40.6 Å². The van der Waals surface area contributed by atoms with Gasteiger partial charge in [-0.1, -0.05) is 11.6 Å². The molecular formula is C21H17ClN8O2. The zero-order valence-electron chi connectivity index (χ0n) is 16.9. The van der Waals surface area contributed by atoms with Crippen LogP contribution in [0.1, 0.15) is 17.3 Å². The van der Waals surface area contributed by atoms with Gasteiger partial charge in [0, 0.05) is 24.3 Å². The van der Waals surface area contributed by atoms with Crippen LogP contribution >= 0.6 is 11.6 Å². The van der Waals surface area contributed by atoms with Crippen LogP contribution in [0.25, 0.3) is 28.0 Å². The van der Waals surface area contributed by atoms with Gasteiger partial charge in [-0.05, 0) is 25.1 Å². The van der Waals surface area contributed by atoms with Crippen molar-refractivity contribution >= 4 is 45.6 Å². The van der Waals surface area contributed by atoms with Crippen molar-refractivity contribution in [2.24, 2.45) is 5.92 Å². The maximum Gasteiger partial charge on any atom is 0.255 e. The summed E-state index contributed by atoms with van der Waals surface area (Å²) < 4.78 is 1.76. The van der Waals surface area contributed by atoms with E-state index in [-0.39, 0.29) is 17.4 Å². The van der Waals surface area contributed by atoms with Gasteiger partial charge < -0.3 is 15.2 Å². The molecular weight excluding hydrogens is 432 g/mol. The standard InChI is InChI=1S/C21H17ClN8O2/c1-11(21(32)29-8-12(5-23)9-29)27-20(31)14-6-24-19-18(14)28-17(7-25-19)30-10-26-15-4-13(22)2-3-16(15)30/h2-4,6-7,10-12H,8-9H2,1H3,(H,24,25)(H,27,31)/t11-/m1/s1. The Morgan fingerprint density at radius 2 is 2.16 bits per heavy atom. The minimum absolute atomic E-state index is 0.139. The van der Waals surface area contributed by atoms with E-state index in [1.807, 2.05) is 6.07 Å². The molecule has 1 atom stereocenters. The van der Waals surface area contributed by atoms with Crippen molar-refractivity contribution in [2.45, 2.75) is 13.0 Å². The number of nitriles is 1. The average Bonchev–Trinajstić information content (AvgIpc) is 3.35. The molecule has 1 saturated heterocycles. The largest absolute Gasteiger partial charge is 0.344 e. The quantitative estimate of drug-likeness (QED) is 0.491.